The predicted molar refractivity (Wildman–Crippen MR) is 118 cm³/mol. The highest BCUT2D eigenvalue weighted by molar-refractivity contribution is 7.89. The zero-order chi connectivity index (χ0) is 21.4. The number of piperazine rings is 1. The van der Waals surface area contributed by atoms with Crippen LogP contribution in [0.25, 0.3) is 21.5 Å². The molecule has 0 aliphatic carbocycles. The Hall–Kier alpha value is -2.95. The van der Waals surface area contributed by atoms with E-state index in [0.29, 0.717) is 26.2 Å². The lowest BCUT2D eigenvalue weighted by molar-refractivity contribution is 0.384. The Kier molecular flexibility index (Phi) is 5.12. The average Bonchev–Trinajstić information content (AvgIpc) is 3.24. The summed E-state index contributed by atoms with van der Waals surface area (Å²) in [4.78, 5) is 11.1. The van der Waals surface area contributed by atoms with Gasteiger partial charge in [-0.1, -0.05) is 30.3 Å². The van der Waals surface area contributed by atoms with Crippen LogP contribution in [0.4, 0.5) is 10.2 Å². The second kappa shape index (κ2) is 7.95. The summed E-state index contributed by atoms with van der Waals surface area (Å²) in [5.74, 6) is 0.305. The summed E-state index contributed by atoms with van der Waals surface area (Å²) in [5, 5.41) is 0. The van der Waals surface area contributed by atoms with Crippen LogP contribution in [0.2, 0.25) is 0 Å². The molecule has 2 aromatic heterocycles. The van der Waals surface area contributed by atoms with Crippen molar-refractivity contribution in [3.63, 3.8) is 0 Å². The topological polar surface area (TPSA) is 79.3 Å². The third-order valence-electron chi connectivity index (χ3n) is 5.27. The molecule has 3 heterocycles. The molecular weight excluding hydrogens is 437 g/mol. The van der Waals surface area contributed by atoms with Crippen molar-refractivity contribution in [3.8, 4) is 11.3 Å². The zero-order valence-electron chi connectivity index (χ0n) is 16.3. The van der Waals surface area contributed by atoms with Crippen LogP contribution < -0.4 is 4.90 Å². The molecule has 0 radical (unpaired) electrons. The molecule has 158 valence electrons. The molecular formula is C21H18FN5O2S2. The average molecular weight is 456 g/mol. The minimum atomic E-state index is -3.66. The van der Waals surface area contributed by atoms with Gasteiger partial charge in [-0.2, -0.15) is 8.68 Å². The molecule has 10 heteroatoms. The number of nitrogens with zero attached hydrogens (tertiary/aromatic N) is 5. The van der Waals surface area contributed by atoms with E-state index in [-0.39, 0.29) is 4.90 Å². The van der Waals surface area contributed by atoms with Gasteiger partial charge in [0.05, 0.1) is 4.90 Å². The summed E-state index contributed by atoms with van der Waals surface area (Å²) in [5.41, 5.74) is 2.61. The summed E-state index contributed by atoms with van der Waals surface area (Å²) in [6.45, 7) is 1.61. The molecule has 1 saturated heterocycles. The van der Waals surface area contributed by atoms with Gasteiger partial charge in [0.1, 0.15) is 28.1 Å². The SMILES string of the molecule is O=S(=O)(c1ccc(F)cc1)N1CCN(c2ncnc3c(-c4ccccc4)nsc23)CC1. The van der Waals surface area contributed by atoms with Crippen LogP contribution in [0, 0.1) is 5.82 Å². The van der Waals surface area contributed by atoms with E-state index < -0.39 is 15.8 Å². The van der Waals surface area contributed by atoms with Gasteiger partial charge in [0.2, 0.25) is 10.0 Å². The van der Waals surface area contributed by atoms with E-state index in [0.717, 1.165) is 39.4 Å². The van der Waals surface area contributed by atoms with E-state index in [2.05, 4.69) is 19.2 Å². The van der Waals surface area contributed by atoms with E-state index in [1.165, 1.54) is 34.3 Å². The fraction of sp³-hybridized carbons (Fsp3) is 0.190. The maximum atomic E-state index is 13.2. The standard InChI is InChI=1S/C21H18FN5O2S2/c22-16-6-8-17(9-7-16)31(28,29)27-12-10-26(11-13-27)21-20-19(23-14-24-21)18(25-30-20)15-4-2-1-3-5-15/h1-9,14H,10-13H2. The quantitative estimate of drug-likeness (QED) is 0.469. The second-order valence-electron chi connectivity index (χ2n) is 7.12. The first kappa shape index (κ1) is 20.0. The second-order valence-corrected chi connectivity index (χ2v) is 9.83. The zero-order valence-corrected chi connectivity index (χ0v) is 18.0. The normalized spacial score (nSPS) is 15.5. The van der Waals surface area contributed by atoms with Gasteiger partial charge in [-0.15, -0.1) is 0 Å². The Morgan fingerprint density at radius 2 is 1.61 bits per heavy atom. The smallest absolute Gasteiger partial charge is 0.243 e. The summed E-state index contributed by atoms with van der Waals surface area (Å²) >= 11 is 1.35. The molecule has 0 unspecified atom stereocenters. The Morgan fingerprint density at radius 1 is 0.903 bits per heavy atom. The molecule has 0 spiro atoms. The van der Waals surface area contributed by atoms with Crippen LogP contribution in [0.5, 0.6) is 0 Å². The Bertz CT molecular complexity index is 1320. The van der Waals surface area contributed by atoms with Crippen molar-refractivity contribution in [2.75, 3.05) is 31.1 Å². The van der Waals surface area contributed by atoms with Gasteiger partial charge in [0.25, 0.3) is 0 Å². The monoisotopic (exact) mass is 455 g/mol. The molecule has 5 rings (SSSR count). The van der Waals surface area contributed by atoms with Crippen molar-refractivity contribution in [2.24, 2.45) is 0 Å². The van der Waals surface area contributed by atoms with E-state index in [1.54, 1.807) is 0 Å². The molecule has 0 saturated carbocycles. The third-order valence-corrected chi connectivity index (χ3v) is 8.02. The lowest BCUT2D eigenvalue weighted by Gasteiger charge is -2.34. The number of sulfonamides is 1. The Balaban J connectivity index is 1.39. The number of anilines is 1. The number of rotatable bonds is 4. The molecule has 7 nitrogen and oxygen atoms in total. The molecule has 0 N–H and O–H groups in total. The molecule has 1 aliphatic heterocycles. The lowest BCUT2D eigenvalue weighted by atomic mass is 10.1. The van der Waals surface area contributed by atoms with Crippen molar-refractivity contribution in [3.05, 3.63) is 66.7 Å². The highest BCUT2D eigenvalue weighted by Crippen LogP contribution is 2.34. The van der Waals surface area contributed by atoms with E-state index in [9.17, 15) is 12.8 Å². The molecule has 0 bridgehead atoms. The fourth-order valence-corrected chi connectivity index (χ4v) is 5.95. The van der Waals surface area contributed by atoms with E-state index >= 15 is 0 Å². The molecule has 1 fully saturated rings. The number of hydrogen-bond donors (Lipinski definition) is 0. The highest BCUT2D eigenvalue weighted by Gasteiger charge is 2.30. The van der Waals surface area contributed by atoms with Crippen LogP contribution in [-0.2, 0) is 10.0 Å². The maximum Gasteiger partial charge on any atom is 0.243 e. The molecule has 0 atom stereocenters. The van der Waals surface area contributed by atoms with E-state index in [1.807, 2.05) is 30.3 Å². The number of halogens is 1. The van der Waals surface area contributed by atoms with Crippen LogP contribution in [0.1, 0.15) is 0 Å². The largest absolute Gasteiger partial charge is 0.353 e. The number of aromatic nitrogens is 3. The lowest BCUT2D eigenvalue weighted by Crippen LogP contribution is -2.48. The van der Waals surface area contributed by atoms with Crippen LogP contribution in [0.15, 0.2) is 65.8 Å². The maximum absolute atomic E-state index is 13.2. The number of hydrogen-bond acceptors (Lipinski definition) is 7. The first-order valence-electron chi connectivity index (χ1n) is 9.70. The first-order valence-corrected chi connectivity index (χ1v) is 11.9. The van der Waals surface area contributed by atoms with Crippen molar-refractivity contribution in [2.45, 2.75) is 4.90 Å². The summed E-state index contributed by atoms with van der Waals surface area (Å²) < 4.78 is 45.8. The Morgan fingerprint density at radius 3 is 2.32 bits per heavy atom. The molecule has 1 aliphatic rings. The van der Waals surface area contributed by atoms with E-state index in [4.69, 9.17) is 0 Å². The van der Waals surface area contributed by atoms with Crippen molar-refractivity contribution in [1.29, 1.82) is 0 Å². The van der Waals surface area contributed by atoms with Crippen LogP contribution in [0.3, 0.4) is 0 Å². The number of fused-ring (bicyclic) bond motifs is 1. The third kappa shape index (κ3) is 3.67. The highest BCUT2D eigenvalue weighted by atomic mass is 32.2. The summed E-state index contributed by atoms with van der Waals surface area (Å²) in [6, 6.07) is 14.8. The van der Waals surface area contributed by atoms with Gasteiger partial charge in [-0.05, 0) is 35.8 Å². The van der Waals surface area contributed by atoms with Gasteiger partial charge in [0.15, 0.2) is 5.82 Å². The first-order chi connectivity index (χ1) is 15.0. The Labute approximate surface area is 183 Å². The van der Waals surface area contributed by atoms with Gasteiger partial charge in [0, 0.05) is 31.7 Å². The van der Waals surface area contributed by atoms with Gasteiger partial charge >= 0.3 is 0 Å². The minimum absolute atomic E-state index is 0.0988. The summed E-state index contributed by atoms with van der Waals surface area (Å²) in [7, 11) is -3.66. The number of benzene rings is 2. The van der Waals surface area contributed by atoms with Crippen molar-refractivity contribution in [1.82, 2.24) is 18.6 Å². The molecule has 0 amide bonds. The van der Waals surface area contributed by atoms with Crippen LogP contribution >= 0.6 is 11.5 Å². The van der Waals surface area contributed by atoms with Gasteiger partial charge < -0.3 is 4.90 Å². The van der Waals surface area contributed by atoms with Crippen molar-refractivity contribution >= 4 is 37.6 Å². The van der Waals surface area contributed by atoms with Crippen molar-refractivity contribution < 1.29 is 12.8 Å². The minimum Gasteiger partial charge on any atom is -0.353 e. The molecule has 2 aromatic carbocycles. The van der Waals surface area contributed by atoms with Gasteiger partial charge in [-0.25, -0.2) is 22.8 Å². The predicted octanol–water partition coefficient (Wildman–Crippen LogP) is 3.40. The summed E-state index contributed by atoms with van der Waals surface area (Å²) in [6.07, 6.45) is 1.53. The molecule has 4 aromatic rings. The van der Waals surface area contributed by atoms with Gasteiger partial charge in [-0.3, -0.25) is 0 Å². The fourth-order valence-electron chi connectivity index (χ4n) is 3.66. The molecule has 31 heavy (non-hydrogen) atoms. The van der Waals surface area contributed by atoms with Crippen LogP contribution in [-0.4, -0.2) is 53.2 Å².